The van der Waals surface area contributed by atoms with Gasteiger partial charge in [-0.1, -0.05) is 19.9 Å². The zero-order valence-electron chi connectivity index (χ0n) is 11.1. The van der Waals surface area contributed by atoms with Crippen LogP contribution in [0, 0.1) is 12.8 Å². The zero-order valence-corrected chi connectivity index (χ0v) is 11.1. The standard InChI is InChI=1S/C14H24N2O/c1-11(2)6-8-17-9-7-16-14-10-12(3)4-5-13(14)15/h4-5,10-11,16H,6-9,15H2,1-3H3. The number of benzene rings is 1. The summed E-state index contributed by atoms with van der Waals surface area (Å²) >= 11 is 0. The van der Waals surface area contributed by atoms with Gasteiger partial charge in [0, 0.05) is 13.2 Å². The fourth-order valence-electron chi connectivity index (χ4n) is 1.50. The van der Waals surface area contributed by atoms with E-state index in [0.29, 0.717) is 5.92 Å². The van der Waals surface area contributed by atoms with Crippen molar-refractivity contribution in [2.75, 3.05) is 30.8 Å². The Morgan fingerprint density at radius 2 is 2.06 bits per heavy atom. The monoisotopic (exact) mass is 236 g/mol. The summed E-state index contributed by atoms with van der Waals surface area (Å²) in [7, 11) is 0. The summed E-state index contributed by atoms with van der Waals surface area (Å²) in [5, 5.41) is 3.29. The van der Waals surface area contributed by atoms with Crippen LogP contribution in [0.2, 0.25) is 0 Å². The van der Waals surface area contributed by atoms with Crippen molar-refractivity contribution in [3.8, 4) is 0 Å². The molecule has 1 aromatic carbocycles. The highest BCUT2D eigenvalue weighted by atomic mass is 16.5. The van der Waals surface area contributed by atoms with Gasteiger partial charge in [0.2, 0.25) is 0 Å². The summed E-state index contributed by atoms with van der Waals surface area (Å²) in [6, 6.07) is 6.00. The molecule has 0 aliphatic carbocycles. The van der Waals surface area contributed by atoms with Crippen molar-refractivity contribution >= 4 is 11.4 Å². The first kappa shape index (κ1) is 13.8. The molecule has 3 N–H and O–H groups in total. The Hall–Kier alpha value is -1.22. The lowest BCUT2D eigenvalue weighted by molar-refractivity contribution is 0.132. The molecule has 17 heavy (non-hydrogen) atoms. The maximum atomic E-state index is 5.87. The lowest BCUT2D eigenvalue weighted by atomic mass is 10.1. The molecule has 0 radical (unpaired) electrons. The second-order valence-corrected chi connectivity index (χ2v) is 4.81. The molecule has 0 aromatic heterocycles. The third-order valence-corrected chi connectivity index (χ3v) is 2.61. The van der Waals surface area contributed by atoms with Crippen LogP contribution in [-0.2, 0) is 4.74 Å². The Morgan fingerprint density at radius 1 is 1.29 bits per heavy atom. The van der Waals surface area contributed by atoms with E-state index in [-0.39, 0.29) is 0 Å². The molecule has 0 spiro atoms. The quantitative estimate of drug-likeness (QED) is 0.565. The van der Waals surface area contributed by atoms with Crippen LogP contribution in [0.1, 0.15) is 25.8 Å². The first-order valence-corrected chi connectivity index (χ1v) is 6.27. The predicted octanol–water partition coefficient (Wildman–Crippen LogP) is 3.05. The molecule has 0 saturated heterocycles. The maximum Gasteiger partial charge on any atom is 0.0639 e. The molecule has 0 aliphatic rings. The summed E-state index contributed by atoms with van der Waals surface area (Å²) in [6.45, 7) is 8.82. The van der Waals surface area contributed by atoms with Crippen molar-refractivity contribution in [3.63, 3.8) is 0 Å². The van der Waals surface area contributed by atoms with E-state index >= 15 is 0 Å². The van der Waals surface area contributed by atoms with Gasteiger partial charge in [-0.15, -0.1) is 0 Å². The molecule has 0 unspecified atom stereocenters. The number of nitrogens with one attached hydrogen (secondary N) is 1. The van der Waals surface area contributed by atoms with Gasteiger partial charge in [0.1, 0.15) is 0 Å². The Morgan fingerprint density at radius 3 is 2.76 bits per heavy atom. The van der Waals surface area contributed by atoms with E-state index in [2.05, 4.69) is 32.2 Å². The average molecular weight is 236 g/mol. The van der Waals surface area contributed by atoms with Crippen molar-refractivity contribution in [2.45, 2.75) is 27.2 Å². The van der Waals surface area contributed by atoms with E-state index in [1.54, 1.807) is 0 Å². The van der Waals surface area contributed by atoms with Crippen LogP contribution in [0.5, 0.6) is 0 Å². The van der Waals surface area contributed by atoms with E-state index in [9.17, 15) is 0 Å². The molecule has 3 nitrogen and oxygen atoms in total. The van der Waals surface area contributed by atoms with Crippen molar-refractivity contribution in [2.24, 2.45) is 5.92 Å². The second-order valence-electron chi connectivity index (χ2n) is 4.81. The molecule has 1 rings (SSSR count). The van der Waals surface area contributed by atoms with Gasteiger partial charge in [-0.25, -0.2) is 0 Å². The van der Waals surface area contributed by atoms with Crippen molar-refractivity contribution in [3.05, 3.63) is 23.8 Å². The molecule has 1 aromatic rings. The largest absolute Gasteiger partial charge is 0.397 e. The van der Waals surface area contributed by atoms with Crippen LogP contribution >= 0.6 is 0 Å². The number of rotatable bonds is 7. The van der Waals surface area contributed by atoms with E-state index in [4.69, 9.17) is 10.5 Å². The van der Waals surface area contributed by atoms with Crippen molar-refractivity contribution in [1.82, 2.24) is 0 Å². The Labute approximate surface area is 104 Å². The van der Waals surface area contributed by atoms with Gasteiger partial charge in [0.15, 0.2) is 0 Å². The Balaban J connectivity index is 2.20. The molecule has 3 heteroatoms. The molecule has 0 fully saturated rings. The van der Waals surface area contributed by atoms with Gasteiger partial charge in [-0.05, 0) is 37.0 Å². The summed E-state index contributed by atoms with van der Waals surface area (Å²) in [5.41, 5.74) is 8.86. The highest BCUT2D eigenvalue weighted by molar-refractivity contribution is 5.66. The molecular formula is C14H24N2O. The fraction of sp³-hybridized carbons (Fsp3) is 0.571. The van der Waals surface area contributed by atoms with Crippen LogP contribution in [-0.4, -0.2) is 19.8 Å². The summed E-state index contributed by atoms with van der Waals surface area (Å²) in [5.74, 6) is 0.704. The van der Waals surface area contributed by atoms with Gasteiger partial charge in [0.05, 0.1) is 18.0 Å². The molecule has 0 amide bonds. The minimum atomic E-state index is 0.704. The Kier molecular flexibility index (Phi) is 5.84. The summed E-state index contributed by atoms with van der Waals surface area (Å²) in [6.07, 6.45) is 1.12. The third-order valence-electron chi connectivity index (χ3n) is 2.61. The maximum absolute atomic E-state index is 5.87. The van der Waals surface area contributed by atoms with E-state index in [0.717, 1.165) is 37.6 Å². The van der Waals surface area contributed by atoms with Crippen molar-refractivity contribution < 1.29 is 4.74 Å². The van der Waals surface area contributed by atoms with Crippen LogP contribution < -0.4 is 11.1 Å². The predicted molar refractivity (Wildman–Crippen MR) is 74.4 cm³/mol. The number of nitrogen functional groups attached to an aromatic ring is 1. The van der Waals surface area contributed by atoms with Crippen LogP contribution in [0.3, 0.4) is 0 Å². The molecule has 0 saturated carbocycles. The lowest BCUT2D eigenvalue weighted by Crippen LogP contribution is -2.12. The third kappa shape index (κ3) is 5.59. The summed E-state index contributed by atoms with van der Waals surface area (Å²) in [4.78, 5) is 0. The molecular weight excluding hydrogens is 212 g/mol. The van der Waals surface area contributed by atoms with Crippen molar-refractivity contribution in [1.29, 1.82) is 0 Å². The van der Waals surface area contributed by atoms with E-state index in [1.165, 1.54) is 5.56 Å². The molecule has 0 bridgehead atoms. The highest BCUT2D eigenvalue weighted by Crippen LogP contribution is 2.18. The van der Waals surface area contributed by atoms with Crippen LogP contribution in [0.25, 0.3) is 0 Å². The number of hydrogen-bond acceptors (Lipinski definition) is 3. The first-order chi connectivity index (χ1) is 8.09. The molecule has 0 atom stereocenters. The van der Waals surface area contributed by atoms with E-state index in [1.807, 2.05) is 12.1 Å². The number of hydrogen-bond donors (Lipinski definition) is 2. The highest BCUT2D eigenvalue weighted by Gasteiger charge is 1.98. The first-order valence-electron chi connectivity index (χ1n) is 6.27. The van der Waals surface area contributed by atoms with Gasteiger partial charge in [-0.3, -0.25) is 0 Å². The zero-order chi connectivity index (χ0) is 12.7. The number of ether oxygens (including phenoxy) is 1. The minimum Gasteiger partial charge on any atom is -0.397 e. The minimum absolute atomic E-state index is 0.704. The second kappa shape index (κ2) is 7.17. The number of anilines is 2. The lowest BCUT2D eigenvalue weighted by Gasteiger charge is -2.11. The van der Waals surface area contributed by atoms with E-state index < -0.39 is 0 Å². The fourth-order valence-corrected chi connectivity index (χ4v) is 1.50. The van der Waals surface area contributed by atoms with Gasteiger partial charge in [0.25, 0.3) is 0 Å². The smallest absolute Gasteiger partial charge is 0.0639 e. The van der Waals surface area contributed by atoms with Gasteiger partial charge >= 0.3 is 0 Å². The molecule has 0 heterocycles. The number of nitrogens with two attached hydrogens (primary N) is 1. The average Bonchev–Trinajstić information content (AvgIpc) is 2.27. The summed E-state index contributed by atoms with van der Waals surface area (Å²) < 4.78 is 5.53. The van der Waals surface area contributed by atoms with Gasteiger partial charge in [-0.2, -0.15) is 0 Å². The molecule has 96 valence electrons. The van der Waals surface area contributed by atoms with Crippen LogP contribution in [0.15, 0.2) is 18.2 Å². The SMILES string of the molecule is Cc1ccc(N)c(NCCOCCC(C)C)c1. The number of aryl methyl sites for hydroxylation is 1. The van der Waals surface area contributed by atoms with Crippen LogP contribution in [0.4, 0.5) is 11.4 Å². The van der Waals surface area contributed by atoms with Gasteiger partial charge < -0.3 is 15.8 Å². The topological polar surface area (TPSA) is 47.3 Å². The normalized spacial score (nSPS) is 10.8. The Bertz CT molecular complexity index is 337. The molecule has 0 aliphatic heterocycles.